The van der Waals surface area contributed by atoms with Crippen molar-refractivity contribution in [1.29, 1.82) is 0 Å². The van der Waals surface area contributed by atoms with Gasteiger partial charge in [0.25, 0.3) is 5.91 Å². The summed E-state index contributed by atoms with van der Waals surface area (Å²) in [6.07, 6.45) is 2.19. The lowest BCUT2D eigenvalue weighted by Crippen LogP contribution is -2.49. The predicted octanol–water partition coefficient (Wildman–Crippen LogP) is 2.38. The summed E-state index contributed by atoms with van der Waals surface area (Å²) in [6, 6.07) is 6.03. The van der Waals surface area contributed by atoms with Crippen molar-refractivity contribution in [3.05, 3.63) is 40.6 Å². The molecule has 0 saturated carbocycles. The molecule has 5 rings (SSSR count). The summed E-state index contributed by atoms with van der Waals surface area (Å²) in [4.78, 5) is 25.4. The van der Waals surface area contributed by atoms with Crippen LogP contribution in [-0.2, 0) is 19.4 Å². The highest BCUT2D eigenvalue weighted by Crippen LogP contribution is 2.35. The normalized spacial score (nSPS) is 19.2. The van der Waals surface area contributed by atoms with Gasteiger partial charge in [0.1, 0.15) is 6.17 Å². The number of fused-ring (bicyclic) bond motifs is 2. The van der Waals surface area contributed by atoms with Gasteiger partial charge < -0.3 is 9.80 Å². The summed E-state index contributed by atoms with van der Waals surface area (Å²) in [6.45, 7) is 1.39. The standard InChI is InChI=1S/C19H19FN4O/c1-23-8-12-6-5-11(7-15(12)18(23)25)17-14-3-2-4-16(14)21-19(22-17)24-9-13(20)10-24/h5-7,13H,2-4,8-10H2,1H3. The number of aryl methyl sites for hydroxylation is 1. The first-order valence-corrected chi connectivity index (χ1v) is 8.78. The second-order valence-electron chi connectivity index (χ2n) is 7.19. The molecular formula is C19H19FN4O. The molecule has 0 atom stereocenters. The van der Waals surface area contributed by atoms with Crippen molar-refractivity contribution < 1.29 is 9.18 Å². The molecular weight excluding hydrogens is 319 g/mol. The van der Waals surface area contributed by atoms with Crippen LogP contribution in [0.25, 0.3) is 11.3 Å². The number of anilines is 1. The van der Waals surface area contributed by atoms with Gasteiger partial charge in [0, 0.05) is 36.0 Å². The quantitative estimate of drug-likeness (QED) is 0.844. The third-order valence-corrected chi connectivity index (χ3v) is 5.41. The molecule has 25 heavy (non-hydrogen) atoms. The highest BCUT2D eigenvalue weighted by molar-refractivity contribution is 5.99. The van der Waals surface area contributed by atoms with E-state index >= 15 is 0 Å². The number of halogens is 1. The number of benzene rings is 1. The zero-order chi connectivity index (χ0) is 17.1. The van der Waals surface area contributed by atoms with Crippen LogP contribution in [0.4, 0.5) is 10.3 Å². The second-order valence-corrected chi connectivity index (χ2v) is 7.19. The van der Waals surface area contributed by atoms with E-state index in [1.165, 1.54) is 5.56 Å². The number of aromatic nitrogens is 2. The minimum atomic E-state index is -0.784. The molecule has 1 fully saturated rings. The Hall–Kier alpha value is -2.50. The van der Waals surface area contributed by atoms with E-state index in [9.17, 15) is 9.18 Å². The van der Waals surface area contributed by atoms with Crippen LogP contribution < -0.4 is 4.90 Å². The fourth-order valence-corrected chi connectivity index (χ4v) is 3.98. The van der Waals surface area contributed by atoms with E-state index in [1.807, 2.05) is 30.1 Å². The van der Waals surface area contributed by atoms with E-state index in [2.05, 4.69) is 4.98 Å². The number of hydrogen-bond donors (Lipinski definition) is 0. The lowest BCUT2D eigenvalue weighted by Gasteiger charge is -2.34. The first kappa shape index (κ1) is 14.8. The highest BCUT2D eigenvalue weighted by Gasteiger charge is 2.31. The van der Waals surface area contributed by atoms with E-state index in [0.717, 1.165) is 47.3 Å². The molecule has 2 aromatic rings. The van der Waals surface area contributed by atoms with Gasteiger partial charge in [-0.25, -0.2) is 14.4 Å². The van der Waals surface area contributed by atoms with E-state index in [0.29, 0.717) is 25.6 Å². The van der Waals surface area contributed by atoms with Crippen LogP contribution in [0.5, 0.6) is 0 Å². The lowest BCUT2D eigenvalue weighted by atomic mass is 10.0. The van der Waals surface area contributed by atoms with Crippen molar-refractivity contribution in [3.63, 3.8) is 0 Å². The SMILES string of the molecule is CN1Cc2ccc(-c3nc(N4CC(F)C4)nc4c3CCC4)cc2C1=O. The zero-order valence-electron chi connectivity index (χ0n) is 14.1. The van der Waals surface area contributed by atoms with Gasteiger partial charge in [0.05, 0.1) is 18.8 Å². The smallest absolute Gasteiger partial charge is 0.254 e. The Kier molecular flexibility index (Phi) is 3.11. The van der Waals surface area contributed by atoms with Gasteiger partial charge in [-0.3, -0.25) is 4.79 Å². The number of hydrogen-bond acceptors (Lipinski definition) is 4. The molecule has 6 heteroatoms. The lowest BCUT2D eigenvalue weighted by molar-refractivity contribution is 0.0816. The topological polar surface area (TPSA) is 49.3 Å². The van der Waals surface area contributed by atoms with Crippen LogP contribution in [0.2, 0.25) is 0 Å². The number of carbonyl (C=O) groups is 1. The summed E-state index contributed by atoms with van der Waals surface area (Å²) in [7, 11) is 1.82. The third-order valence-electron chi connectivity index (χ3n) is 5.41. The molecule has 1 aromatic carbocycles. The summed E-state index contributed by atoms with van der Waals surface area (Å²) in [5.41, 5.74) is 5.95. The van der Waals surface area contributed by atoms with E-state index < -0.39 is 6.17 Å². The number of carbonyl (C=O) groups excluding carboxylic acids is 1. The van der Waals surface area contributed by atoms with Crippen LogP contribution in [-0.4, -0.2) is 47.1 Å². The monoisotopic (exact) mass is 338 g/mol. The van der Waals surface area contributed by atoms with E-state index in [-0.39, 0.29) is 5.91 Å². The van der Waals surface area contributed by atoms with Gasteiger partial charge >= 0.3 is 0 Å². The summed E-state index contributed by atoms with van der Waals surface area (Å²) >= 11 is 0. The zero-order valence-corrected chi connectivity index (χ0v) is 14.1. The molecule has 5 nitrogen and oxygen atoms in total. The summed E-state index contributed by atoms with van der Waals surface area (Å²) in [5, 5.41) is 0. The van der Waals surface area contributed by atoms with Crippen LogP contribution in [0, 0.1) is 0 Å². The van der Waals surface area contributed by atoms with Gasteiger partial charge in [-0.05, 0) is 30.9 Å². The molecule has 0 unspecified atom stereocenters. The third kappa shape index (κ3) is 2.23. The Bertz CT molecular complexity index is 891. The van der Waals surface area contributed by atoms with Crippen molar-refractivity contribution in [2.45, 2.75) is 32.0 Å². The van der Waals surface area contributed by atoms with Gasteiger partial charge in [-0.1, -0.05) is 12.1 Å². The number of alkyl halides is 1. The van der Waals surface area contributed by atoms with E-state index in [1.54, 1.807) is 4.90 Å². The van der Waals surface area contributed by atoms with Crippen molar-refractivity contribution in [2.24, 2.45) is 0 Å². The highest BCUT2D eigenvalue weighted by atomic mass is 19.1. The maximum Gasteiger partial charge on any atom is 0.254 e. The molecule has 0 spiro atoms. The van der Waals surface area contributed by atoms with Gasteiger partial charge in [-0.15, -0.1) is 0 Å². The Morgan fingerprint density at radius 3 is 2.84 bits per heavy atom. The van der Waals surface area contributed by atoms with Gasteiger partial charge in [-0.2, -0.15) is 0 Å². The minimum Gasteiger partial charge on any atom is -0.337 e. The molecule has 0 radical (unpaired) electrons. The van der Waals surface area contributed by atoms with Crippen molar-refractivity contribution in [1.82, 2.24) is 14.9 Å². The van der Waals surface area contributed by atoms with Gasteiger partial charge in [0.2, 0.25) is 5.95 Å². The number of rotatable bonds is 2. The average Bonchev–Trinajstić information content (AvgIpc) is 3.16. The molecule has 128 valence electrons. The maximum atomic E-state index is 13.2. The second kappa shape index (κ2) is 5.25. The Balaban J connectivity index is 1.61. The molecule has 2 aliphatic heterocycles. The van der Waals surface area contributed by atoms with Crippen LogP contribution in [0.3, 0.4) is 0 Å². The van der Waals surface area contributed by atoms with Crippen molar-refractivity contribution >= 4 is 11.9 Å². The Labute approximate surface area is 145 Å². The molecule has 1 amide bonds. The minimum absolute atomic E-state index is 0.0609. The van der Waals surface area contributed by atoms with E-state index in [4.69, 9.17) is 4.98 Å². The average molecular weight is 338 g/mol. The first-order chi connectivity index (χ1) is 12.1. The predicted molar refractivity (Wildman–Crippen MR) is 92.4 cm³/mol. The molecule has 3 heterocycles. The number of amides is 1. The van der Waals surface area contributed by atoms with Crippen molar-refractivity contribution in [3.8, 4) is 11.3 Å². The Morgan fingerprint density at radius 1 is 1.20 bits per heavy atom. The fourth-order valence-electron chi connectivity index (χ4n) is 3.98. The molecule has 3 aliphatic rings. The van der Waals surface area contributed by atoms with Crippen LogP contribution >= 0.6 is 0 Å². The van der Waals surface area contributed by atoms with Crippen LogP contribution in [0.15, 0.2) is 18.2 Å². The molecule has 0 bridgehead atoms. The largest absolute Gasteiger partial charge is 0.337 e. The number of nitrogens with zero attached hydrogens (tertiary/aromatic N) is 4. The van der Waals surface area contributed by atoms with Gasteiger partial charge in [0.15, 0.2) is 0 Å². The van der Waals surface area contributed by atoms with Crippen LogP contribution in [0.1, 0.15) is 33.6 Å². The van der Waals surface area contributed by atoms with Crippen molar-refractivity contribution in [2.75, 3.05) is 25.0 Å². The maximum absolute atomic E-state index is 13.2. The Morgan fingerprint density at radius 2 is 2.04 bits per heavy atom. The molecule has 1 saturated heterocycles. The molecule has 0 N–H and O–H groups in total. The summed E-state index contributed by atoms with van der Waals surface area (Å²) < 4.78 is 13.2. The molecule has 1 aliphatic carbocycles. The summed E-state index contributed by atoms with van der Waals surface area (Å²) in [5.74, 6) is 0.680. The first-order valence-electron chi connectivity index (χ1n) is 8.78. The fraction of sp³-hybridized carbons (Fsp3) is 0.421. The molecule has 1 aromatic heterocycles.